The van der Waals surface area contributed by atoms with Crippen molar-refractivity contribution in [2.24, 2.45) is 5.92 Å². The van der Waals surface area contributed by atoms with Crippen LogP contribution in [0.1, 0.15) is 6.42 Å². The van der Waals surface area contributed by atoms with Gasteiger partial charge in [0.15, 0.2) is 0 Å². The summed E-state index contributed by atoms with van der Waals surface area (Å²) in [6.45, 7) is -1.54. The van der Waals surface area contributed by atoms with Crippen molar-refractivity contribution in [3.8, 4) is 10.6 Å². The van der Waals surface area contributed by atoms with Crippen LogP contribution < -0.4 is 5.32 Å². The zero-order valence-electron chi connectivity index (χ0n) is 12.9. The highest BCUT2D eigenvalue weighted by Gasteiger charge is 2.40. The lowest BCUT2D eigenvalue weighted by molar-refractivity contribution is -0.157. The zero-order valence-corrected chi connectivity index (χ0v) is 13.7. The Morgan fingerprint density at radius 2 is 2.04 bits per heavy atom. The molecule has 1 N–H and O–H groups in total. The third kappa shape index (κ3) is 4.36. The Morgan fingerprint density at radius 1 is 1.32 bits per heavy atom. The van der Waals surface area contributed by atoms with E-state index in [1.54, 1.807) is 30.5 Å². The molecular formula is C16H14F3N3O2S. The summed E-state index contributed by atoms with van der Waals surface area (Å²) in [5.41, 5.74) is 1.42. The molecule has 1 saturated heterocycles. The largest absolute Gasteiger partial charge is 0.406 e. The van der Waals surface area contributed by atoms with Crippen molar-refractivity contribution < 1.29 is 22.8 Å². The number of alkyl halides is 3. The maximum Gasteiger partial charge on any atom is 0.406 e. The van der Waals surface area contributed by atoms with Gasteiger partial charge in [0.05, 0.1) is 5.92 Å². The number of amides is 2. The molecule has 1 aliphatic heterocycles. The fourth-order valence-electron chi connectivity index (χ4n) is 2.62. The number of nitrogens with zero attached hydrogens (tertiary/aromatic N) is 2. The number of carbonyl (C=O) groups is 2. The number of rotatable bonds is 4. The van der Waals surface area contributed by atoms with E-state index in [-0.39, 0.29) is 13.0 Å². The van der Waals surface area contributed by atoms with Gasteiger partial charge in [0.2, 0.25) is 11.8 Å². The second kappa shape index (κ2) is 6.83. The second-order valence-corrected chi connectivity index (χ2v) is 6.59. The van der Waals surface area contributed by atoms with Gasteiger partial charge >= 0.3 is 6.18 Å². The number of aromatic nitrogens is 1. The van der Waals surface area contributed by atoms with Crippen molar-refractivity contribution in [1.29, 1.82) is 0 Å². The van der Waals surface area contributed by atoms with Crippen molar-refractivity contribution in [2.45, 2.75) is 12.6 Å². The maximum absolute atomic E-state index is 12.4. The van der Waals surface area contributed by atoms with E-state index in [0.29, 0.717) is 10.6 Å². The fraction of sp³-hybridized carbons (Fsp3) is 0.312. The molecule has 132 valence electrons. The van der Waals surface area contributed by atoms with E-state index in [4.69, 9.17) is 0 Å². The van der Waals surface area contributed by atoms with Crippen LogP contribution >= 0.6 is 11.3 Å². The number of anilines is 1. The van der Waals surface area contributed by atoms with E-state index in [9.17, 15) is 22.8 Å². The smallest absolute Gasteiger partial charge is 0.333 e. The SMILES string of the molecule is O=C(Nc1ccc(-c2nccs2)cc1)[C@H]1CC(=O)N(CC(F)(F)F)C1. The first kappa shape index (κ1) is 17.4. The summed E-state index contributed by atoms with van der Waals surface area (Å²) in [4.78, 5) is 28.7. The molecule has 1 fully saturated rings. The Balaban J connectivity index is 1.60. The quantitative estimate of drug-likeness (QED) is 0.901. The topological polar surface area (TPSA) is 62.3 Å². The molecule has 1 aliphatic rings. The van der Waals surface area contributed by atoms with Crippen molar-refractivity contribution in [3.05, 3.63) is 35.8 Å². The van der Waals surface area contributed by atoms with Crippen LogP contribution in [0.15, 0.2) is 35.8 Å². The Morgan fingerprint density at radius 3 is 2.64 bits per heavy atom. The van der Waals surface area contributed by atoms with Gasteiger partial charge < -0.3 is 10.2 Å². The molecule has 1 aromatic carbocycles. The minimum Gasteiger partial charge on any atom is -0.333 e. The number of hydrogen-bond acceptors (Lipinski definition) is 4. The predicted octanol–water partition coefficient (Wildman–Crippen LogP) is 3.16. The maximum atomic E-state index is 12.4. The monoisotopic (exact) mass is 369 g/mol. The number of carbonyl (C=O) groups excluding carboxylic acids is 2. The van der Waals surface area contributed by atoms with E-state index in [1.165, 1.54) is 11.3 Å². The first-order chi connectivity index (χ1) is 11.8. The van der Waals surface area contributed by atoms with Crippen molar-refractivity contribution >= 4 is 28.8 Å². The van der Waals surface area contributed by atoms with Gasteiger partial charge in [-0.15, -0.1) is 11.3 Å². The first-order valence-electron chi connectivity index (χ1n) is 7.47. The Kier molecular flexibility index (Phi) is 4.76. The molecule has 25 heavy (non-hydrogen) atoms. The van der Waals surface area contributed by atoms with Crippen LogP contribution in [0.3, 0.4) is 0 Å². The van der Waals surface area contributed by atoms with Gasteiger partial charge in [-0.3, -0.25) is 9.59 Å². The van der Waals surface area contributed by atoms with Crippen LogP contribution in [0.5, 0.6) is 0 Å². The lowest BCUT2D eigenvalue weighted by Gasteiger charge is -2.18. The molecule has 2 aromatic rings. The number of likely N-dealkylation sites (tertiary alicyclic amines) is 1. The Bertz CT molecular complexity index is 760. The van der Waals surface area contributed by atoms with E-state index >= 15 is 0 Å². The van der Waals surface area contributed by atoms with Crippen LogP contribution in [0.4, 0.5) is 18.9 Å². The molecule has 0 saturated carbocycles. The van der Waals surface area contributed by atoms with Crippen LogP contribution in [-0.2, 0) is 9.59 Å². The molecule has 0 radical (unpaired) electrons. The summed E-state index contributed by atoms with van der Waals surface area (Å²) in [6, 6.07) is 6.98. The van der Waals surface area contributed by atoms with E-state index < -0.39 is 30.5 Å². The second-order valence-electron chi connectivity index (χ2n) is 5.69. The third-order valence-electron chi connectivity index (χ3n) is 3.79. The minimum absolute atomic E-state index is 0.209. The predicted molar refractivity (Wildman–Crippen MR) is 86.9 cm³/mol. The molecule has 2 amide bonds. The summed E-state index contributed by atoms with van der Waals surface area (Å²) in [5.74, 6) is -1.90. The van der Waals surface area contributed by atoms with Crippen LogP contribution in [0.25, 0.3) is 10.6 Å². The van der Waals surface area contributed by atoms with Gasteiger partial charge in [0.1, 0.15) is 11.6 Å². The number of nitrogens with one attached hydrogen (secondary N) is 1. The van der Waals surface area contributed by atoms with Crippen molar-refractivity contribution in [1.82, 2.24) is 9.88 Å². The third-order valence-corrected chi connectivity index (χ3v) is 4.61. The number of thiazole rings is 1. The average molecular weight is 369 g/mol. The summed E-state index contributed by atoms with van der Waals surface area (Å²) in [7, 11) is 0. The Labute approximate surface area is 145 Å². The summed E-state index contributed by atoms with van der Waals surface area (Å²) >= 11 is 1.49. The van der Waals surface area contributed by atoms with Gasteiger partial charge in [-0.1, -0.05) is 0 Å². The minimum atomic E-state index is -4.47. The average Bonchev–Trinajstić information content (AvgIpc) is 3.17. The van der Waals surface area contributed by atoms with Crippen LogP contribution in [0.2, 0.25) is 0 Å². The molecular weight excluding hydrogens is 355 g/mol. The van der Waals surface area contributed by atoms with E-state index in [1.807, 2.05) is 5.38 Å². The lowest BCUT2D eigenvalue weighted by Crippen LogP contribution is -2.36. The van der Waals surface area contributed by atoms with E-state index in [0.717, 1.165) is 10.6 Å². The van der Waals surface area contributed by atoms with Gasteiger partial charge in [-0.05, 0) is 24.3 Å². The normalized spacial score (nSPS) is 17.8. The number of halogens is 3. The molecule has 5 nitrogen and oxygen atoms in total. The Hall–Kier alpha value is -2.42. The van der Waals surface area contributed by atoms with Crippen molar-refractivity contribution in [3.63, 3.8) is 0 Å². The van der Waals surface area contributed by atoms with Gasteiger partial charge in [-0.25, -0.2) is 4.98 Å². The van der Waals surface area contributed by atoms with Crippen molar-refractivity contribution in [2.75, 3.05) is 18.4 Å². The molecule has 0 aliphatic carbocycles. The summed E-state index contributed by atoms with van der Waals surface area (Å²) in [5, 5.41) is 5.35. The molecule has 3 rings (SSSR count). The highest BCUT2D eigenvalue weighted by atomic mass is 32.1. The summed E-state index contributed by atoms with van der Waals surface area (Å²) < 4.78 is 37.2. The fourth-order valence-corrected chi connectivity index (χ4v) is 3.27. The zero-order chi connectivity index (χ0) is 18.0. The highest BCUT2D eigenvalue weighted by Crippen LogP contribution is 2.26. The molecule has 2 heterocycles. The number of benzene rings is 1. The summed E-state index contributed by atoms with van der Waals surface area (Å²) in [6.07, 6.45) is -2.98. The molecule has 0 bridgehead atoms. The van der Waals surface area contributed by atoms with Crippen LogP contribution in [0, 0.1) is 5.92 Å². The molecule has 0 spiro atoms. The number of hydrogen-bond donors (Lipinski definition) is 1. The molecule has 9 heteroatoms. The molecule has 1 aromatic heterocycles. The van der Waals surface area contributed by atoms with Gasteiger partial charge in [0.25, 0.3) is 0 Å². The van der Waals surface area contributed by atoms with Gasteiger partial charge in [0, 0.05) is 35.8 Å². The van der Waals surface area contributed by atoms with E-state index in [2.05, 4.69) is 10.3 Å². The van der Waals surface area contributed by atoms with Crippen LogP contribution in [-0.4, -0.2) is 41.0 Å². The lowest BCUT2D eigenvalue weighted by atomic mass is 10.1. The van der Waals surface area contributed by atoms with Gasteiger partial charge in [-0.2, -0.15) is 13.2 Å². The molecule has 0 unspecified atom stereocenters. The highest BCUT2D eigenvalue weighted by molar-refractivity contribution is 7.13. The first-order valence-corrected chi connectivity index (χ1v) is 8.35. The molecule has 1 atom stereocenters. The standard InChI is InChI=1S/C16H14F3N3O2S/c17-16(18,19)9-22-8-11(7-13(22)23)14(24)21-12-3-1-10(2-4-12)15-20-5-6-25-15/h1-6,11H,7-9H2,(H,21,24)/t11-/m0/s1.